The molecule has 1 aliphatic rings. The number of carbonyl (C=O) groups is 1. The first-order chi connectivity index (χ1) is 12.0. The van der Waals surface area contributed by atoms with Gasteiger partial charge in [0.15, 0.2) is 0 Å². The monoisotopic (exact) mass is 409 g/mol. The summed E-state index contributed by atoms with van der Waals surface area (Å²) in [5.41, 5.74) is 1.65. The molecule has 7 heteroatoms. The Morgan fingerprint density at radius 1 is 1.16 bits per heavy atom. The van der Waals surface area contributed by atoms with Gasteiger partial charge in [-0.25, -0.2) is 0 Å². The summed E-state index contributed by atoms with van der Waals surface area (Å²) in [5, 5.41) is 1.15. The molecule has 0 atom stereocenters. The summed E-state index contributed by atoms with van der Waals surface area (Å²) in [6, 6.07) is 12.8. The Labute approximate surface area is 165 Å². The van der Waals surface area contributed by atoms with E-state index in [4.69, 9.17) is 40.2 Å². The van der Waals surface area contributed by atoms with Crippen LogP contribution in [0.4, 0.5) is 0 Å². The predicted octanol–water partition coefficient (Wildman–Crippen LogP) is 5.40. The topological polar surface area (TPSA) is 29.5 Å². The quantitative estimate of drug-likeness (QED) is 0.499. The third-order valence-corrected chi connectivity index (χ3v) is 5.80. The molecule has 0 radical (unpaired) electrons. The van der Waals surface area contributed by atoms with Crippen molar-refractivity contribution in [3.8, 4) is 5.75 Å². The Kier molecular flexibility index (Phi) is 5.69. The number of ether oxygens (including phenoxy) is 1. The maximum absolute atomic E-state index is 12.0. The van der Waals surface area contributed by atoms with Crippen molar-refractivity contribution in [2.45, 2.75) is 6.61 Å². The molecule has 0 unspecified atom stereocenters. The second-order valence-corrected chi connectivity index (χ2v) is 7.79. The fourth-order valence-corrected chi connectivity index (χ4v) is 3.87. The molecule has 3 nitrogen and oxygen atoms in total. The van der Waals surface area contributed by atoms with Crippen LogP contribution in [0, 0.1) is 0 Å². The van der Waals surface area contributed by atoms with Crippen LogP contribution in [0.1, 0.15) is 11.1 Å². The second-order valence-electron chi connectivity index (χ2n) is 5.30. The van der Waals surface area contributed by atoms with Crippen molar-refractivity contribution in [1.82, 2.24) is 4.90 Å². The van der Waals surface area contributed by atoms with Crippen LogP contribution in [-0.4, -0.2) is 22.2 Å². The van der Waals surface area contributed by atoms with Gasteiger partial charge in [-0.05, 0) is 35.9 Å². The first-order valence-electron chi connectivity index (χ1n) is 7.33. The number of thiocarbonyl (C=S) groups is 1. The molecule has 0 aromatic heterocycles. The van der Waals surface area contributed by atoms with Crippen LogP contribution >= 0.6 is 47.2 Å². The number of hydrogen-bond acceptors (Lipinski definition) is 4. The molecule has 2 aromatic carbocycles. The number of rotatable bonds is 4. The summed E-state index contributed by atoms with van der Waals surface area (Å²) in [7, 11) is 1.68. The van der Waals surface area contributed by atoms with Gasteiger partial charge in [-0.3, -0.25) is 9.69 Å². The number of likely N-dealkylation sites (N-methyl/N-ethyl adjacent to an activating group) is 1. The van der Waals surface area contributed by atoms with Gasteiger partial charge in [0.1, 0.15) is 16.7 Å². The van der Waals surface area contributed by atoms with Gasteiger partial charge in [-0.15, -0.1) is 0 Å². The van der Waals surface area contributed by atoms with Gasteiger partial charge in [0, 0.05) is 22.7 Å². The van der Waals surface area contributed by atoms with Crippen LogP contribution < -0.4 is 4.74 Å². The number of carbonyl (C=O) groups excluding carboxylic acids is 1. The van der Waals surface area contributed by atoms with Gasteiger partial charge in [0.25, 0.3) is 5.91 Å². The molecule has 0 saturated carbocycles. The highest BCUT2D eigenvalue weighted by Gasteiger charge is 2.28. The minimum atomic E-state index is -0.0799. The van der Waals surface area contributed by atoms with Gasteiger partial charge < -0.3 is 4.74 Å². The Balaban J connectivity index is 1.69. The molecule has 1 aliphatic heterocycles. The summed E-state index contributed by atoms with van der Waals surface area (Å²) < 4.78 is 6.31. The largest absolute Gasteiger partial charge is 0.489 e. The number of halogens is 2. The molecule has 0 N–H and O–H groups in total. The molecule has 1 saturated heterocycles. The smallest absolute Gasteiger partial charge is 0.265 e. The number of nitrogens with zero attached hydrogens (tertiary/aromatic N) is 1. The molecule has 0 aliphatic carbocycles. The number of thioether (sulfide) groups is 1. The van der Waals surface area contributed by atoms with Gasteiger partial charge in [0.05, 0.1) is 4.91 Å². The van der Waals surface area contributed by atoms with Crippen molar-refractivity contribution in [2.24, 2.45) is 0 Å². The van der Waals surface area contributed by atoms with Crippen molar-refractivity contribution in [1.29, 1.82) is 0 Å². The molecular weight excluding hydrogens is 397 g/mol. The van der Waals surface area contributed by atoms with Crippen LogP contribution in [0.5, 0.6) is 5.75 Å². The van der Waals surface area contributed by atoms with Gasteiger partial charge in [-0.2, -0.15) is 0 Å². The van der Waals surface area contributed by atoms with E-state index in [0.29, 0.717) is 25.0 Å². The normalized spacial score (nSPS) is 16.0. The molecular formula is C18H13Cl2NO2S2. The van der Waals surface area contributed by atoms with Gasteiger partial charge in [-0.1, -0.05) is 65.4 Å². The highest BCUT2D eigenvalue weighted by atomic mass is 35.5. The Bertz CT molecular complexity index is 846. The van der Waals surface area contributed by atoms with E-state index in [0.717, 1.165) is 11.1 Å². The summed E-state index contributed by atoms with van der Waals surface area (Å²) in [6.07, 6.45) is 1.82. The zero-order valence-electron chi connectivity index (χ0n) is 13.2. The molecule has 2 aromatic rings. The van der Waals surface area contributed by atoms with Crippen LogP contribution in [-0.2, 0) is 11.4 Å². The fourth-order valence-electron chi connectivity index (χ4n) is 2.18. The zero-order chi connectivity index (χ0) is 18.0. The van der Waals surface area contributed by atoms with Crippen LogP contribution in [0.3, 0.4) is 0 Å². The lowest BCUT2D eigenvalue weighted by molar-refractivity contribution is -0.121. The highest BCUT2D eigenvalue weighted by molar-refractivity contribution is 8.26. The van der Waals surface area contributed by atoms with E-state index in [-0.39, 0.29) is 12.5 Å². The van der Waals surface area contributed by atoms with Crippen LogP contribution in [0.25, 0.3) is 6.08 Å². The molecule has 0 bridgehead atoms. The molecule has 1 amide bonds. The van der Waals surface area contributed by atoms with Crippen molar-refractivity contribution < 1.29 is 9.53 Å². The lowest BCUT2D eigenvalue weighted by Crippen LogP contribution is -2.22. The minimum Gasteiger partial charge on any atom is -0.489 e. The second kappa shape index (κ2) is 7.79. The predicted molar refractivity (Wildman–Crippen MR) is 108 cm³/mol. The summed E-state index contributed by atoms with van der Waals surface area (Å²) in [5.74, 6) is 0.611. The van der Waals surface area contributed by atoms with Crippen LogP contribution in [0.15, 0.2) is 47.4 Å². The lowest BCUT2D eigenvalue weighted by Gasteiger charge is -2.09. The van der Waals surface area contributed by atoms with Crippen molar-refractivity contribution >= 4 is 63.5 Å². The maximum Gasteiger partial charge on any atom is 0.265 e. The number of amides is 1. The lowest BCUT2D eigenvalue weighted by atomic mass is 10.2. The summed E-state index contributed by atoms with van der Waals surface area (Å²) in [4.78, 5) is 14.1. The standard InChI is InChI=1S/C18H13Cl2NO2S2/c1-21-17(22)16(25-18(21)24)9-11-5-7-12(8-6-11)23-10-13-14(19)3-2-4-15(13)20/h2-9H,10H2,1H3/b16-9+. The fraction of sp³-hybridized carbons (Fsp3) is 0.111. The summed E-state index contributed by atoms with van der Waals surface area (Å²) in [6.45, 7) is 0.284. The van der Waals surface area contributed by atoms with E-state index < -0.39 is 0 Å². The third-order valence-electron chi connectivity index (χ3n) is 3.61. The molecule has 1 heterocycles. The van der Waals surface area contributed by atoms with E-state index in [1.165, 1.54) is 16.7 Å². The van der Waals surface area contributed by atoms with Crippen molar-refractivity contribution in [2.75, 3.05) is 7.05 Å². The SMILES string of the molecule is CN1C(=O)/C(=C\c2ccc(OCc3c(Cl)cccc3Cl)cc2)SC1=S. The molecule has 3 rings (SSSR count). The van der Waals surface area contributed by atoms with E-state index in [2.05, 4.69) is 0 Å². The molecule has 128 valence electrons. The van der Waals surface area contributed by atoms with Gasteiger partial charge >= 0.3 is 0 Å². The van der Waals surface area contributed by atoms with E-state index in [9.17, 15) is 4.79 Å². The minimum absolute atomic E-state index is 0.0799. The average molecular weight is 410 g/mol. The Morgan fingerprint density at radius 2 is 1.80 bits per heavy atom. The Hall–Kier alpha value is -1.53. The van der Waals surface area contributed by atoms with Crippen LogP contribution in [0.2, 0.25) is 10.0 Å². The highest BCUT2D eigenvalue weighted by Crippen LogP contribution is 2.31. The first kappa shape index (κ1) is 18.3. The van der Waals surface area contributed by atoms with E-state index in [1.807, 2.05) is 30.3 Å². The van der Waals surface area contributed by atoms with Crippen molar-refractivity contribution in [3.63, 3.8) is 0 Å². The molecule has 25 heavy (non-hydrogen) atoms. The molecule has 0 spiro atoms. The van der Waals surface area contributed by atoms with Crippen molar-refractivity contribution in [3.05, 3.63) is 68.5 Å². The van der Waals surface area contributed by atoms with E-state index >= 15 is 0 Å². The summed E-state index contributed by atoms with van der Waals surface area (Å²) >= 11 is 18.7. The zero-order valence-corrected chi connectivity index (χ0v) is 16.3. The number of hydrogen-bond donors (Lipinski definition) is 0. The first-order valence-corrected chi connectivity index (χ1v) is 9.31. The third kappa shape index (κ3) is 4.18. The average Bonchev–Trinajstić information content (AvgIpc) is 2.83. The number of benzene rings is 2. The molecule has 1 fully saturated rings. The Morgan fingerprint density at radius 3 is 2.36 bits per heavy atom. The maximum atomic E-state index is 12.0. The van der Waals surface area contributed by atoms with Gasteiger partial charge in [0.2, 0.25) is 0 Å². The van der Waals surface area contributed by atoms with E-state index in [1.54, 1.807) is 25.2 Å².